The maximum atomic E-state index is 11.5. The Morgan fingerprint density at radius 2 is 1.46 bits per heavy atom. The number of azo groups is 1. The lowest BCUT2D eigenvalue weighted by molar-refractivity contribution is -0.383. The first-order chi connectivity index (χ1) is 11.7. The molecule has 0 fully saturated rings. The lowest BCUT2D eigenvalue weighted by atomic mass is 10.2. The van der Waals surface area contributed by atoms with E-state index in [1.807, 2.05) is 48.5 Å². The number of hydrogen-bond donors (Lipinski definition) is 1. The van der Waals surface area contributed by atoms with Crippen LogP contribution in [0.5, 0.6) is 0 Å². The van der Waals surface area contributed by atoms with Crippen LogP contribution in [0.15, 0.2) is 89.1 Å². The number of anilines is 2. The van der Waals surface area contributed by atoms with Crippen LogP contribution in [-0.2, 0) is 0 Å². The molecule has 0 aliphatic carbocycles. The Bertz CT molecular complexity index is 865. The van der Waals surface area contributed by atoms with Gasteiger partial charge in [-0.2, -0.15) is 5.11 Å². The predicted molar refractivity (Wildman–Crippen MR) is 93.4 cm³/mol. The van der Waals surface area contributed by atoms with E-state index in [1.165, 1.54) is 0 Å². The van der Waals surface area contributed by atoms with Crippen molar-refractivity contribution < 1.29 is 4.92 Å². The van der Waals surface area contributed by atoms with Gasteiger partial charge >= 0.3 is 5.69 Å². The van der Waals surface area contributed by atoms with Crippen molar-refractivity contribution in [2.45, 2.75) is 0 Å². The summed E-state index contributed by atoms with van der Waals surface area (Å²) in [6, 6.07) is 23.3. The van der Waals surface area contributed by atoms with Gasteiger partial charge < -0.3 is 5.32 Å². The Morgan fingerprint density at radius 1 is 0.792 bits per heavy atom. The van der Waals surface area contributed by atoms with E-state index in [9.17, 15) is 10.1 Å². The van der Waals surface area contributed by atoms with Gasteiger partial charge in [-0.3, -0.25) is 10.1 Å². The first-order valence-corrected chi connectivity index (χ1v) is 7.30. The van der Waals surface area contributed by atoms with Crippen molar-refractivity contribution in [3.63, 3.8) is 0 Å². The normalized spacial score (nSPS) is 10.7. The minimum absolute atomic E-state index is 0.110. The van der Waals surface area contributed by atoms with Crippen LogP contribution >= 0.6 is 0 Å². The van der Waals surface area contributed by atoms with Gasteiger partial charge in [-0.1, -0.05) is 42.5 Å². The molecule has 0 aromatic heterocycles. The highest BCUT2D eigenvalue weighted by Crippen LogP contribution is 2.37. The molecule has 3 aromatic rings. The molecule has 0 radical (unpaired) electrons. The van der Waals surface area contributed by atoms with E-state index >= 15 is 0 Å². The molecule has 0 saturated heterocycles. The first-order valence-electron chi connectivity index (χ1n) is 7.30. The van der Waals surface area contributed by atoms with Crippen LogP contribution in [0.25, 0.3) is 0 Å². The molecule has 6 nitrogen and oxygen atoms in total. The van der Waals surface area contributed by atoms with E-state index in [2.05, 4.69) is 15.5 Å². The average molecular weight is 318 g/mol. The van der Waals surface area contributed by atoms with Crippen molar-refractivity contribution in [1.29, 1.82) is 0 Å². The fraction of sp³-hybridized carbons (Fsp3) is 0. The predicted octanol–water partition coefficient (Wildman–Crippen LogP) is 5.75. The van der Waals surface area contributed by atoms with E-state index < -0.39 is 4.92 Å². The van der Waals surface area contributed by atoms with E-state index in [0.717, 1.165) is 5.69 Å². The Hall–Kier alpha value is -3.54. The molecule has 0 saturated carbocycles. The molecule has 0 atom stereocenters. The van der Waals surface area contributed by atoms with Gasteiger partial charge in [-0.15, -0.1) is 5.11 Å². The summed E-state index contributed by atoms with van der Waals surface area (Å²) in [5.74, 6) is 0. The fourth-order valence-corrected chi connectivity index (χ4v) is 2.19. The van der Waals surface area contributed by atoms with Crippen molar-refractivity contribution >= 4 is 28.4 Å². The lowest BCUT2D eigenvalue weighted by Gasteiger charge is -2.07. The highest BCUT2D eigenvalue weighted by atomic mass is 16.6. The number of nitrogens with zero attached hydrogens (tertiary/aromatic N) is 3. The summed E-state index contributed by atoms with van der Waals surface area (Å²) in [6.07, 6.45) is 0. The number of hydrogen-bond acceptors (Lipinski definition) is 5. The molecule has 0 aliphatic rings. The molecular weight excluding hydrogens is 304 g/mol. The van der Waals surface area contributed by atoms with Crippen LogP contribution in [0.1, 0.15) is 0 Å². The highest BCUT2D eigenvalue weighted by Gasteiger charge is 2.19. The smallest absolute Gasteiger partial charge is 0.319 e. The third-order valence-electron chi connectivity index (χ3n) is 3.28. The number of nitro benzene ring substituents is 1. The molecule has 0 unspecified atom stereocenters. The average Bonchev–Trinajstić information content (AvgIpc) is 2.61. The van der Waals surface area contributed by atoms with Crippen molar-refractivity contribution in [2.75, 3.05) is 5.32 Å². The van der Waals surface area contributed by atoms with E-state index in [-0.39, 0.29) is 11.4 Å². The molecule has 118 valence electrons. The van der Waals surface area contributed by atoms with Gasteiger partial charge in [0.2, 0.25) is 0 Å². The third-order valence-corrected chi connectivity index (χ3v) is 3.28. The molecule has 24 heavy (non-hydrogen) atoms. The zero-order chi connectivity index (χ0) is 16.8. The van der Waals surface area contributed by atoms with Gasteiger partial charge in [0, 0.05) is 5.69 Å². The topological polar surface area (TPSA) is 79.9 Å². The fourth-order valence-electron chi connectivity index (χ4n) is 2.19. The van der Waals surface area contributed by atoms with Gasteiger partial charge in [0.15, 0.2) is 5.69 Å². The molecule has 0 bridgehead atoms. The van der Waals surface area contributed by atoms with Gasteiger partial charge in [-0.05, 0) is 36.4 Å². The Labute approximate surface area is 138 Å². The Kier molecular flexibility index (Phi) is 4.57. The minimum Gasteiger partial charge on any atom is -0.350 e. The minimum atomic E-state index is -0.454. The maximum absolute atomic E-state index is 11.5. The second-order valence-corrected chi connectivity index (χ2v) is 4.96. The van der Waals surface area contributed by atoms with Crippen LogP contribution in [-0.4, -0.2) is 4.92 Å². The summed E-state index contributed by atoms with van der Waals surface area (Å²) in [7, 11) is 0. The summed E-state index contributed by atoms with van der Waals surface area (Å²) >= 11 is 0. The molecular formula is C18H14N4O2. The molecule has 0 heterocycles. The zero-order valence-corrected chi connectivity index (χ0v) is 12.7. The van der Waals surface area contributed by atoms with Crippen LogP contribution in [0.3, 0.4) is 0 Å². The van der Waals surface area contributed by atoms with Gasteiger partial charge in [-0.25, -0.2) is 0 Å². The Balaban J connectivity index is 1.96. The monoisotopic (exact) mass is 318 g/mol. The van der Waals surface area contributed by atoms with Gasteiger partial charge in [0.05, 0.1) is 10.6 Å². The largest absolute Gasteiger partial charge is 0.350 e. The van der Waals surface area contributed by atoms with E-state index in [1.54, 1.807) is 30.3 Å². The van der Waals surface area contributed by atoms with Crippen molar-refractivity contribution in [3.05, 3.63) is 89.0 Å². The number of nitrogens with one attached hydrogen (secondary N) is 1. The molecule has 6 heteroatoms. The zero-order valence-electron chi connectivity index (χ0n) is 12.7. The molecule has 0 amide bonds. The van der Waals surface area contributed by atoms with E-state index in [0.29, 0.717) is 11.4 Å². The third kappa shape index (κ3) is 3.61. The summed E-state index contributed by atoms with van der Waals surface area (Å²) < 4.78 is 0. The van der Waals surface area contributed by atoms with Crippen LogP contribution < -0.4 is 5.32 Å². The molecule has 0 aliphatic heterocycles. The summed E-state index contributed by atoms with van der Waals surface area (Å²) in [5.41, 5.74) is 1.85. The number of rotatable bonds is 5. The lowest BCUT2D eigenvalue weighted by Crippen LogP contribution is -1.97. The van der Waals surface area contributed by atoms with Crippen LogP contribution in [0.2, 0.25) is 0 Å². The highest BCUT2D eigenvalue weighted by molar-refractivity contribution is 5.77. The number of nitro groups is 1. The van der Waals surface area contributed by atoms with Crippen molar-refractivity contribution in [3.8, 4) is 0 Å². The molecule has 3 aromatic carbocycles. The van der Waals surface area contributed by atoms with Gasteiger partial charge in [0.25, 0.3) is 0 Å². The van der Waals surface area contributed by atoms with Gasteiger partial charge in [0.1, 0.15) is 5.69 Å². The summed E-state index contributed by atoms with van der Waals surface area (Å²) in [6.45, 7) is 0. The van der Waals surface area contributed by atoms with Crippen molar-refractivity contribution in [2.24, 2.45) is 10.2 Å². The molecule has 3 rings (SSSR count). The standard InChI is InChI=1S/C18H14N4O2/c23-22(24)18-16(19-14-8-3-1-4-9-14)12-7-13-17(18)21-20-15-10-5-2-6-11-15/h1-13,19H. The first kappa shape index (κ1) is 15.4. The van der Waals surface area contributed by atoms with E-state index in [4.69, 9.17) is 0 Å². The van der Waals surface area contributed by atoms with Crippen LogP contribution in [0.4, 0.5) is 28.4 Å². The quantitative estimate of drug-likeness (QED) is 0.369. The second kappa shape index (κ2) is 7.15. The van der Waals surface area contributed by atoms with Crippen molar-refractivity contribution in [1.82, 2.24) is 0 Å². The Morgan fingerprint density at radius 3 is 2.12 bits per heavy atom. The maximum Gasteiger partial charge on any atom is 0.319 e. The number of para-hydroxylation sites is 2. The number of benzene rings is 3. The second-order valence-electron chi connectivity index (χ2n) is 4.96. The summed E-state index contributed by atoms with van der Waals surface area (Å²) in [5, 5.41) is 22.7. The summed E-state index contributed by atoms with van der Waals surface area (Å²) in [4.78, 5) is 11.1. The SMILES string of the molecule is O=[N+]([O-])c1c(N=Nc2ccccc2)cccc1Nc1ccccc1. The molecule has 0 spiro atoms. The molecule has 1 N–H and O–H groups in total. The van der Waals surface area contributed by atoms with Crippen LogP contribution in [0, 0.1) is 10.1 Å².